The van der Waals surface area contributed by atoms with Gasteiger partial charge in [-0.05, 0) is 49.9 Å². The van der Waals surface area contributed by atoms with Gasteiger partial charge in [-0.25, -0.2) is 4.98 Å². The number of hydrogen-bond acceptors (Lipinski definition) is 5. The summed E-state index contributed by atoms with van der Waals surface area (Å²) in [5, 5.41) is 12.2. The summed E-state index contributed by atoms with van der Waals surface area (Å²) >= 11 is 0. The first-order valence-electron chi connectivity index (χ1n) is 9.84. The van der Waals surface area contributed by atoms with Gasteiger partial charge in [0.05, 0.1) is 17.9 Å². The van der Waals surface area contributed by atoms with E-state index >= 15 is 0 Å². The Hall–Kier alpha value is -2.18. The summed E-state index contributed by atoms with van der Waals surface area (Å²) in [6.07, 6.45) is 3.01. The van der Waals surface area contributed by atoms with E-state index in [-0.39, 0.29) is 12.2 Å². The normalized spacial score (nSPS) is 11.0. The minimum absolute atomic E-state index is 0.0766. The Kier molecular flexibility index (Phi) is 8.48. The second-order valence-electron chi connectivity index (χ2n) is 6.48. The van der Waals surface area contributed by atoms with Crippen molar-refractivity contribution < 1.29 is 9.84 Å². The molecule has 3 N–H and O–H groups in total. The van der Waals surface area contributed by atoms with E-state index in [1.807, 2.05) is 32.0 Å². The summed E-state index contributed by atoms with van der Waals surface area (Å²) in [5.74, 6) is 1.28. The van der Waals surface area contributed by atoms with Gasteiger partial charge >= 0.3 is 0 Å². The van der Waals surface area contributed by atoms with Crippen molar-refractivity contribution in [2.24, 2.45) is 0 Å². The predicted octanol–water partition coefficient (Wildman–Crippen LogP) is 2.82. The van der Waals surface area contributed by atoms with Gasteiger partial charge in [0.1, 0.15) is 11.6 Å². The molecule has 2 aromatic rings. The van der Waals surface area contributed by atoms with E-state index in [0.29, 0.717) is 31.8 Å². The Morgan fingerprint density at radius 2 is 2.04 bits per heavy atom. The number of aromatic nitrogens is 2. The van der Waals surface area contributed by atoms with Crippen LogP contribution in [0.15, 0.2) is 23.0 Å². The van der Waals surface area contributed by atoms with E-state index in [2.05, 4.69) is 17.2 Å². The third-order valence-electron chi connectivity index (χ3n) is 4.39. The molecular formula is C21H31N3O3. The van der Waals surface area contributed by atoms with Gasteiger partial charge < -0.3 is 20.1 Å². The highest BCUT2D eigenvalue weighted by molar-refractivity contribution is 5.65. The molecule has 0 fully saturated rings. The zero-order valence-corrected chi connectivity index (χ0v) is 16.6. The van der Waals surface area contributed by atoms with Crippen molar-refractivity contribution in [3.05, 3.63) is 45.4 Å². The van der Waals surface area contributed by atoms with E-state index in [4.69, 9.17) is 14.8 Å². The van der Waals surface area contributed by atoms with Crippen LogP contribution in [0.4, 0.5) is 0 Å². The fourth-order valence-electron chi connectivity index (χ4n) is 2.98. The summed E-state index contributed by atoms with van der Waals surface area (Å²) in [6.45, 7) is 8.26. The molecule has 0 unspecified atom stereocenters. The van der Waals surface area contributed by atoms with Gasteiger partial charge in [0.15, 0.2) is 0 Å². The number of nitrogens with zero attached hydrogens (tertiary/aromatic N) is 1. The summed E-state index contributed by atoms with van der Waals surface area (Å²) in [7, 11) is 0. The summed E-state index contributed by atoms with van der Waals surface area (Å²) in [6, 6.07) is 5.97. The molecule has 0 amide bonds. The van der Waals surface area contributed by atoms with Crippen molar-refractivity contribution in [3.63, 3.8) is 0 Å². The van der Waals surface area contributed by atoms with Gasteiger partial charge in [0.25, 0.3) is 5.56 Å². The van der Waals surface area contributed by atoms with Crippen LogP contribution in [0.5, 0.6) is 5.75 Å². The summed E-state index contributed by atoms with van der Waals surface area (Å²) < 4.78 is 5.89. The minimum Gasteiger partial charge on any atom is -0.493 e. The lowest BCUT2D eigenvalue weighted by atomic mass is 10.1. The van der Waals surface area contributed by atoms with Crippen LogP contribution >= 0.6 is 0 Å². The van der Waals surface area contributed by atoms with Crippen LogP contribution in [0.25, 0.3) is 11.4 Å². The second kappa shape index (κ2) is 10.8. The van der Waals surface area contributed by atoms with Crippen LogP contribution in [-0.2, 0) is 19.4 Å². The number of ether oxygens (including phenoxy) is 1. The van der Waals surface area contributed by atoms with E-state index < -0.39 is 0 Å². The van der Waals surface area contributed by atoms with Crippen LogP contribution in [0.3, 0.4) is 0 Å². The van der Waals surface area contributed by atoms with Gasteiger partial charge in [-0.15, -0.1) is 0 Å². The SMILES string of the molecule is CCCOc1ccc(CNCCCO)cc1-c1nc(CC)c(CC)c(=O)[nH]1. The third-order valence-corrected chi connectivity index (χ3v) is 4.39. The molecule has 0 atom stereocenters. The molecular weight excluding hydrogens is 342 g/mol. The second-order valence-corrected chi connectivity index (χ2v) is 6.48. The molecule has 0 saturated heterocycles. The lowest BCUT2D eigenvalue weighted by molar-refractivity contribution is 0.286. The van der Waals surface area contributed by atoms with Gasteiger partial charge in [-0.1, -0.05) is 26.8 Å². The Morgan fingerprint density at radius 1 is 1.22 bits per heavy atom. The number of H-pyrrole nitrogens is 1. The molecule has 0 aliphatic rings. The molecule has 0 aliphatic carbocycles. The van der Waals surface area contributed by atoms with Crippen molar-refractivity contribution in [3.8, 4) is 17.1 Å². The maximum atomic E-state index is 12.5. The number of aryl methyl sites for hydroxylation is 1. The quantitative estimate of drug-likeness (QED) is 0.527. The number of aliphatic hydroxyl groups is 1. The van der Waals surface area contributed by atoms with Gasteiger partial charge in [0, 0.05) is 18.7 Å². The number of rotatable bonds is 11. The third kappa shape index (κ3) is 5.65. The van der Waals surface area contributed by atoms with Crippen molar-refractivity contribution in [1.82, 2.24) is 15.3 Å². The number of nitrogens with one attached hydrogen (secondary N) is 2. The Labute approximate surface area is 161 Å². The van der Waals surface area contributed by atoms with Gasteiger partial charge in [-0.2, -0.15) is 0 Å². The van der Waals surface area contributed by atoms with Crippen molar-refractivity contribution in [2.75, 3.05) is 19.8 Å². The van der Waals surface area contributed by atoms with Crippen LogP contribution in [0.2, 0.25) is 0 Å². The van der Waals surface area contributed by atoms with Crippen LogP contribution in [-0.4, -0.2) is 34.8 Å². The molecule has 0 spiro atoms. The predicted molar refractivity (Wildman–Crippen MR) is 108 cm³/mol. The van der Waals surface area contributed by atoms with E-state index in [1.54, 1.807) is 0 Å². The topological polar surface area (TPSA) is 87.2 Å². The average Bonchev–Trinajstić information content (AvgIpc) is 2.69. The van der Waals surface area contributed by atoms with Crippen LogP contribution in [0, 0.1) is 0 Å². The lowest BCUT2D eigenvalue weighted by Crippen LogP contribution is -2.18. The Balaban J connectivity index is 2.41. The summed E-state index contributed by atoms with van der Waals surface area (Å²) in [5.41, 5.74) is 3.39. The molecule has 1 heterocycles. The molecule has 1 aromatic carbocycles. The highest BCUT2D eigenvalue weighted by Gasteiger charge is 2.14. The fourth-order valence-corrected chi connectivity index (χ4v) is 2.98. The van der Waals surface area contributed by atoms with Crippen LogP contribution < -0.4 is 15.6 Å². The molecule has 27 heavy (non-hydrogen) atoms. The minimum atomic E-state index is -0.0766. The first-order chi connectivity index (χ1) is 13.1. The van der Waals surface area contributed by atoms with Gasteiger partial charge in [-0.3, -0.25) is 4.79 Å². The highest BCUT2D eigenvalue weighted by Crippen LogP contribution is 2.29. The maximum absolute atomic E-state index is 12.5. The molecule has 6 nitrogen and oxygen atoms in total. The zero-order valence-electron chi connectivity index (χ0n) is 16.6. The molecule has 0 saturated carbocycles. The van der Waals surface area contributed by atoms with Crippen molar-refractivity contribution in [1.29, 1.82) is 0 Å². The van der Waals surface area contributed by atoms with Crippen LogP contribution in [0.1, 0.15) is 50.4 Å². The Morgan fingerprint density at radius 3 is 2.70 bits per heavy atom. The standard InChI is InChI=1S/C21H31N3O3/c1-4-12-27-19-9-8-15(14-22-10-7-11-25)13-17(19)20-23-18(6-3)16(5-2)21(26)24-20/h8-9,13,22,25H,4-7,10-12,14H2,1-3H3,(H,23,24,26). The molecule has 6 heteroatoms. The molecule has 2 rings (SSSR count). The summed E-state index contributed by atoms with van der Waals surface area (Å²) in [4.78, 5) is 20.2. The largest absolute Gasteiger partial charge is 0.493 e. The van der Waals surface area contributed by atoms with E-state index in [9.17, 15) is 4.79 Å². The molecule has 148 valence electrons. The fraction of sp³-hybridized carbons (Fsp3) is 0.524. The number of hydrogen-bond donors (Lipinski definition) is 3. The molecule has 0 radical (unpaired) electrons. The van der Waals surface area contributed by atoms with Gasteiger partial charge in [0.2, 0.25) is 0 Å². The Bertz CT molecular complexity index is 787. The maximum Gasteiger partial charge on any atom is 0.254 e. The number of benzene rings is 1. The smallest absolute Gasteiger partial charge is 0.254 e. The molecule has 0 bridgehead atoms. The number of aromatic amines is 1. The van der Waals surface area contributed by atoms with Crippen molar-refractivity contribution >= 4 is 0 Å². The zero-order chi connectivity index (χ0) is 19.6. The van der Waals surface area contributed by atoms with E-state index in [0.717, 1.165) is 47.5 Å². The lowest BCUT2D eigenvalue weighted by Gasteiger charge is -2.14. The molecule has 1 aromatic heterocycles. The molecule has 0 aliphatic heterocycles. The van der Waals surface area contributed by atoms with Crippen molar-refractivity contribution in [2.45, 2.75) is 53.0 Å². The average molecular weight is 373 g/mol. The number of aliphatic hydroxyl groups excluding tert-OH is 1. The first kappa shape index (κ1) is 21.1. The highest BCUT2D eigenvalue weighted by atomic mass is 16.5. The first-order valence-corrected chi connectivity index (χ1v) is 9.84. The monoisotopic (exact) mass is 373 g/mol. The van der Waals surface area contributed by atoms with E-state index in [1.165, 1.54) is 0 Å².